The highest BCUT2D eigenvalue weighted by atomic mass is 32.2. The molecular formula is C10H22N2O3S. The highest BCUT2D eigenvalue weighted by molar-refractivity contribution is 7.92. The molecule has 0 aromatic rings. The molecule has 0 heterocycles. The summed E-state index contributed by atoms with van der Waals surface area (Å²) in [4.78, 5) is 10.4. The molecule has 96 valence electrons. The number of nitrogens with one attached hydrogen (secondary N) is 1. The minimum atomic E-state index is -2.63. The highest BCUT2D eigenvalue weighted by Gasteiger charge is 2.14. The number of aliphatic carboxylic acids is 1. The summed E-state index contributed by atoms with van der Waals surface area (Å²) in [5, 5.41) is 8.55. The summed E-state index contributed by atoms with van der Waals surface area (Å²) in [5.41, 5.74) is 5.29. The van der Waals surface area contributed by atoms with E-state index >= 15 is 0 Å². The molecule has 0 rings (SSSR count). The van der Waals surface area contributed by atoms with Crippen LogP contribution in [0.25, 0.3) is 0 Å². The molecule has 16 heavy (non-hydrogen) atoms. The van der Waals surface area contributed by atoms with E-state index in [4.69, 9.17) is 15.6 Å². The Morgan fingerprint density at radius 1 is 1.38 bits per heavy atom. The van der Waals surface area contributed by atoms with Crippen molar-refractivity contribution in [3.8, 4) is 0 Å². The second-order valence-corrected chi connectivity index (χ2v) is 6.45. The Morgan fingerprint density at radius 2 is 2.00 bits per heavy atom. The lowest BCUT2D eigenvalue weighted by molar-refractivity contribution is -0.138. The molecule has 6 heteroatoms. The van der Waals surface area contributed by atoms with E-state index in [1.54, 1.807) is 0 Å². The fraction of sp³-hybridized carbons (Fsp3) is 0.900. The largest absolute Gasteiger partial charge is 0.480 e. The van der Waals surface area contributed by atoms with Crippen molar-refractivity contribution in [1.29, 1.82) is 4.78 Å². The first kappa shape index (κ1) is 15.4. The molecule has 5 nitrogen and oxygen atoms in total. The number of carbonyl (C=O) groups is 1. The summed E-state index contributed by atoms with van der Waals surface area (Å²) in [6.07, 6.45) is 4.06. The number of hydrogen-bond acceptors (Lipinski definition) is 4. The monoisotopic (exact) mass is 250 g/mol. The predicted molar refractivity (Wildman–Crippen MR) is 65.0 cm³/mol. The number of carboxylic acids is 1. The van der Waals surface area contributed by atoms with Crippen molar-refractivity contribution < 1.29 is 14.1 Å². The molecule has 0 radical (unpaired) electrons. The first-order valence-electron chi connectivity index (χ1n) is 5.61. The molecule has 2 unspecified atom stereocenters. The van der Waals surface area contributed by atoms with Gasteiger partial charge in [-0.25, -0.2) is 4.21 Å². The summed E-state index contributed by atoms with van der Waals surface area (Å²) < 4.78 is 19.3. The third-order valence-corrected chi connectivity index (χ3v) is 4.25. The van der Waals surface area contributed by atoms with Gasteiger partial charge in [-0.3, -0.25) is 9.57 Å². The van der Waals surface area contributed by atoms with Gasteiger partial charge in [0.1, 0.15) is 6.04 Å². The molecule has 4 N–H and O–H groups in total. The second kappa shape index (κ2) is 7.62. The van der Waals surface area contributed by atoms with Crippen LogP contribution in [0.2, 0.25) is 0 Å². The third kappa shape index (κ3) is 7.64. The van der Waals surface area contributed by atoms with Gasteiger partial charge in [0.2, 0.25) is 0 Å². The number of nitrogens with two attached hydrogens (primary N) is 1. The van der Waals surface area contributed by atoms with Gasteiger partial charge in [0, 0.05) is 21.2 Å². The zero-order valence-corrected chi connectivity index (χ0v) is 10.6. The smallest absolute Gasteiger partial charge is 0.320 e. The van der Waals surface area contributed by atoms with Gasteiger partial charge in [0.25, 0.3) is 0 Å². The summed E-state index contributed by atoms with van der Waals surface area (Å²) >= 11 is 0. The molecule has 0 saturated heterocycles. The molecule has 0 saturated carbocycles. The Kier molecular flexibility index (Phi) is 7.33. The topological polar surface area (TPSA) is 104 Å². The van der Waals surface area contributed by atoms with E-state index in [0.29, 0.717) is 5.75 Å². The minimum absolute atomic E-state index is 0.0899. The predicted octanol–water partition coefficient (Wildman–Crippen LogP) is 1.42. The average molecular weight is 250 g/mol. The molecule has 0 spiro atoms. The van der Waals surface area contributed by atoms with Crippen molar-refractivity contribution in [1.82, 2.24) is 0 Å². The van der Waals surface area contributed by atoms with Gasteiger partial charge in [-0.05, 0) is 12.8 Å². The second-order valence-electron chi connectivity index (χ2n) is 4.01. The van der Waals surface area contributed by atoms with Crippen LogP contribution in [0, 0.1) is 4.78 Å². The van der Waals surface area contributed by atoms with Gasteiger partial charge in [-0.15, -0.1) is 0 Å². The fourth-order valence-electron chi connectivity index (χ4n) is 1.30. The molecule has 0 aliphatic heterocycles. The standard InChI is InChI=1S/C10H22N2O3S/c1-2-3-4-5-7-16(12,15)8-6-9(11)10(13)14/h9,12H,2-8,11H2,1H3,(H,13,14). The SMILES string of the molecule is CCCCCCS(=N)(=O)CCC(N)C(=O)O. The molecule has 0 amide bonds. The molecular weight excluding hydrogens is 228 g/mol. The zero-order valence-electron chi connectivity index (χ0n) is 9.78. The Labute approximate surface area is 97.4 Å². The highest BCUT2D eigenvalue weighted by Crippen LogP contribution is 2.05. The summed E-state index contributed by atoms with van der Waals surface area (Å²) in [7, 11) is -2.63. The van der Waals surface area contributed by atoms with Gasteiger partial charge in [-0.1, -0.05) is 26.2 Å². The van der Waals surface area contributed by atoms with Crippen LogP contribution in [0.3, 0.4) is 0 Å². The van der Waals surface area contributed by atoms with Crippen molar-refractivity contribution in [2.45, 2.75) is 45.1 Å². The van der Waals surface area contributed by atoms with Crippen LogP contribution in [-0.2, 0) is 14.5 Å². The molecule has 2 atom stereocenters. The van der Waals surface area contributed by atoms with E-state index in [0.717, 1.165) is 25.7 Å². The summed E-state index contributed by atoms with van der Waals surface area (Å²) in [5.74, 6) is -0.646. The van der Waals surface area contributed by atoms with Gasteiger partial charge in [-0.2, -0.15) is 0 Å². The van der Waals surface area contributed by atoms with E-state index in [9.17, 15) is 9.00 Å². The van der Waals surface area contributed by atoms with Crippen molar-refractivity contribution >= 4 is 15.7 Å². The zero-order chi connectivity index (χ0) is 12.6. The van der Waals surface area contributed by atoms with Gasteiger partial charge >= 0.3 is 5.97 Å². The number of hydrogen-bond donors (Lipinski definition) is 3. The normalized spacial score (nSPS) is 16.6. The Balaban J connectivity index is 3.83. The average Bonchev–Trinajstić information content (AvgIpc) is 2.21. The van der Waals surface area contributed by atoms with E-state index in [1.807, 2.05) is 0 Å². The van der Waals surface area contributed by atoms with Crippen LogP contribution in [-0.4, -0.2) is 32.8 Å². The van der Waals surface area contributed by atoms with Crippen LogP contribution in [0.1, 0.15) is 39.0 Å². The van der Waals surface area contributed by atoms with Crippen LogP contribution in [0.4, 0.5) is 0 Å². The Morgan fingerprint density at radius 3 is 2.50 bits per heavy atom. The van der Waals surface area contributed by atoms with E-state index in [2.05, 4.69) is 6.92 Å². The van der Waals surface area contributed by atoms with E-state index in [1.165, 1.54) is 0 Å². The van der Waals surface area contributed by atoms with Gasteiger partial charge in [0.15, 0.2) is 0 Å². The lowest BCUT2D eigenvalue weighted by Crippen LogP contribution is -2.32. The van der Waals surface area contributed by atoms with Crippen molar-refractivity contribution in [2.75, 3.05) is 11.5 Å². The van der Waals surface area contributed by atoms with Crippen molar-refractivity contribution in [3.05, 3.63) is 0 Å². The van der Waals surface area contributed by atoms with Gasteiger partial charge in [0.05, 0.1) is 0 Å². The van der Waals surface area contributed by atoms with E-state index in [-0.39, 0.29) is 12.2 Å². The molecule has 0 bridgehead atoms. The lowest BCUT2D eigenvalue weighted by atomic mass is 10.2. The quantitative estimate of drug-likeness (QED) is 0.538. The maximum Gasteiger partial charge on any atom is 0.320 e. The molecule has 0 fully saturated rings. The molecule has 0 aromatic carbocycles. The Bertz CT molecular complexity index is 301. The fourth-order valence-corrected chi connectivity index (χ4v) is 2.81. The van der Waals surface area contributed by atoms with Crippen LogP contribution in [0.15, 0.2) is 0 Å². The van der Waals surface area contributed by atoms with Crippen molar-refractivity contribution in [3.63, 3.8) is 0 Å². The van der Waals surface area contributed by atoms with Crippen molar-refractivity contribution in [2.24, 2.45) is 5.73 Å². The summed E-state index contributed by atoms with van der Waals surface area (Å²) in [6, 6.07) is -0.998. The molecule has 0 aliphatic rings. The maximum absolute atomic E-state index is 11.7. The number of rotatable bonds is 9. The first-order valence-corrected chi connectivity index (χ1v) is 7.51. The van der Waals surface area contributed by atoms with Gasteiger partial charge < -0.3 is 10.8 Å². The lowest BCUT2D eigenvalue weighted by Gasteiger charge is -2.09. The van der Waals surface area contributed by atoms with E-state index < -0.39 is 21.7 Å². The third-order valence-electron chi connectivity index (χ3n) is 2.40. The molecule has 0 aromatic heterocycles. The van der Waals surface area contributed by atoms with Crippen LogP contribution in [0.5, 0.6) is 0 Å². The van der Waals surface area contributed by atoms with Crippen LogP contribution < -0.4 is 5.73 Å². The Hall–Kier alpha value is -0.620. The molecule has 0 aliphatic carbocycles. The van der Waals surface area contributed by atoms with Crippen LogP contribution >= 0.6 is 0 Å². The minimum Gasteiger partial charge on any atom is -0.480 e. The summed E-state index contributed by atoms with van der Waals surface area (Å²) in [6.45, 7) is 2.09. The first-order chi connectivity index (χ1) is 7.39. The number of unbranched alkanes of at least 4 members (excludes halogenated alkanes) is 3. The number of carboxylic acid groups (broad SMARTS) is 1. The maximum atomic E-state index is 11.7.